The highest BCUT2D eigenvalue weighted by Crippen LogP contribution is 2.30. The van der Waals surface area contributed by atoms with Crippen molar-refractivity contribution in [1.82, 2.24) is 0 Å². The standard InChI is InChI=1S/C21H15NO3/c23-20(24)12-14-9-10-19(22-21(14)25)18-11-13-5-1-2-6-15(13)16-7-3-4-8-17(16)18/h1-11,14H,12H2,(H,23,24)/i1D. The third-order valence-corrected chi connectivity index (χ3v) is 4.41. The van der Waals surface area contributed by atoms with E-state index in [0.717, 1.165) is 27.1 Å². The summed E-state index contributed by atoms with van der Waals surface area (Å²) in [5, 5.41) is 12.8. The van der Waals surface area contributed by atoms with Crippen LogP contribution in [0.1, 0.15) is 13.4 Å². The molecule has 1 amide bonds. The molecule has 3 aromatic carbocycles. The highest BCUT2D eigenvalue weighted by molar-refractivity contribution is 6.24. The van der Waals surface area contributed by atoms with Crippen LogP contribution < -0.4 is 0 Å². The molecule has 4 nitrogen and oxygen atoms in total. The van der Waals surface area contributed by atoms with Gasteiger partial charge in [-0.25, -0.2) is 4.99 Å². The number of rotatable bonds is 3. The van der Waals surface area contributed by atoms with Crippen molar-refractivity contribution >= 4 is 39.1 Å². The number of hydrogen-bond donors (Lipinski definition) is 1. The molecule has 4 rings (SSSR count). The molecule has 122 valence electrons. The van der Waals surface area contributed by atoms with Crippen LogP contribution in [-0.4, -0.2) is 22.7 Å². The monoisotopic (exact) mass is 330 g/mol. The molecule has 1 aliphatic heterocycles. The lowest BCUT2D eigenvalue weighted by atomic mass is 9.92. The van der Waals surface area contributed by atoms with Gasteiger partial charge < -0.3 is 5.11 Å². The molecule has 1 unspecified atom stereocenters. The summed E-state index contributed by atoms with van der Waals surface area (Å²) in [7, 11) is 0. The average molecular weight is 330 g/mol. The van der Waals surface area contributed by atoms with Gasteiger partial charge in [0.1, 0.15) is 0 Å². The molecule has 0 fully saturated rings. The second-order valence-electron chi connectivity index (χ2n) is 6.02. The molecular weight excluding hydrogens is 314 g/mol. The lowest BCUT2D eigenvalue weighted by molar-refractivity contribution is -0.139. The van der Waals surface area contributed by atoms with Crippen molar-refractivity contribution in [1.29, 1.82) is 0 Å². The van der Waals surface area contributed by atoms with E-state index in [1.165, 1.54) is 0 Å². The van der Waals surface area contributed by atoms with Crippen molar-refractivity contribution in [2.24, 2.45) is 10.9 Å². The Balaban J connectivity index is 1.90. The number of benzene rings is 3. The fourth-order valence-electron chi connectivity index (χ4n) is 3.23. The molecule has 1 aliphatic rings. The summed E-state index contributed by atoms with van der Waals surface area (Å²) in [4.78, 5) is 27.2. The molecule has 25 heavy (non-hydrogen) atoms. The highest BCUT2D eigenvalue weighted by Gasteiger charge is 2.23. The third kappa shape index (κ3) is 2.72. The van der Waals surface area contributed by atoms with Crippen LogP contribution in [0.3, 0.4) is 0 Å². The van der Waals surface area contributed by atoms with Gasteiger partial charge in [-0.15, -0.1) is 0 Å². The third-order valence-electron chi connectivity index (χ3n) is 4.41. The summed E-state index contributed by atoms with van der Waals surface area (Å²) < 4.78 is 7.87. The Labute approximate surface area is 145 Å². The van der Waals surface area contributed by atoms with Gasteiger partial charge >= 0.3 is 5.97 Å². The van der Waals surface area contributed by atoms with E-state index in [2.05, 4.69) is 4.99 Å². The van der Waals surface area contributed by atoms with E-state index in [9.17, 15) is 9.59 Å². The summed E-state index contributed by atoms with van der Waals surface area (Å²) in [6, 6.07) is 15.7. The number of carboxylic acid groups (broad SMARTS) is 1. The molecule has 0 spiro atoms. The number of fused-ring (bicyclic) bond motifs is 3. The highest BCUT2D eigenvalue weighted by atomic mass is 16.4. The van der Waals surface area contributed by atoms with Crippen molar-refractivity contribution in [3.05, 3.63) is 72.3 Å². The van der Waals surface area contributed by atoms with Crippen molar-refractivity contribution in [3.8, 4) is 0 Å². The molecule has 0 aliphatic carbocycles. The first-order valence-corrected chi connectivity index (χ1v) is 7.98. The molecule has 0 radical (unpaired) electrons. The normalized spacial score (nSPS) is 17.6. The zero-order valence-corrected chi connectivity index (χ0v) is 13.3. The van der Waals surface area contributed by atoms with E-state index >= 15 is 0 Å². The SMILES string of the molecule is [2H]c1ccc2c(c1)cc(C1=NC(=O)C(CC(=O)O)C=C1)c1ccccc12. The number of dihydropyridines is 1. The van der Waals surface area contributed by atoms with Crippen LogP contribution in [-0.2, 0) is 9.59 Å². The zero-order chi connectivity index (χ0) is 18.3. The second-order valence-corrected chi connectivity index (χ2v) is 6.02. The number of nitrogens with zero attached hydrogens (tertiary/aromatic N) is 1. The van der Waals surface area contributed by atoms with E-state index in [4.69, 9.17) is 6.48 Å². The van der Waals surface area contributed by atoms with Crippen molar-refractivity contribution in [2.75, 3.05) is 0 Å². The molecule has 3 aromatic rings. The van der Waals surface area contributed by atoms with E-state index < -0.39 is 17.8 Å². The minimum atomic E-state index is -1.02. The van der Waals surface area contributed by atoms with Crippen LogP contribution in [0.4, 0.5) is 0 Å². The van der Waals surface area contributed by atoms with Crippen molar-refractivity contribution < 1.29 is 16.1 Å². The maximum Gasteiger partial charge on any atom is 0.304 e. The number of aliphatic imine (C=N–C) groups is 1. The van der Waals surface area contributed by atoms with E-state index in [1.807, 2.05) is 36.4 Å². The molecule has 0 saturated heterocycles. The maximum atomic E-state index is 12.2. The van der Waals surface area contributed by atoms with Gasteiger partial charge in [-0.05, 0) is 33.7 Å². The number of carbonyl (C=O) groups excluding carboxylic acids is 1. The predicted octanol–water partition coefficient (Wildman–Crippen LogP) is 3.97. The van der Waals surface area contributed by atoms with Gasteiger partial charge in [-0.1, -0.05) is 54.6 Å². The second kappa shape index (κ2) is 5.98. The van der Waals surface area contributed by atoms with Crippen molar-refractivity contribution in [2.45, 2.75) is 6.42 Å². The molecule has 1 atom stereocenters. The van der Waals surface area contributed by atoms with Gasteiger partial charge in [0.15, 0.2) is 0 Å². The maximum absolute atomic E-state index is 12.2. The predicted molar refractivity (Wildman–Crippen MR) is 97.9 cm³/mol. The molecule has 1 heterocycles. The molecule has 0 bridgehead atoms. The van der Waals surface area contributed by atoms with Gasteiger partial charge in [0.05, 0.1) is 19.4 Å². The summed E-state index contributed by atoms with van der Waals surface area (Å²) in [5.41, 5.74) is 1.32. The number of hydrogen-bond acceptors (Lipinski definition) is 2. The fraction of sp³-hybridized carbons (Fsp3) is 0.0952. The lowest BCUT2D eigenvalue weighted by Crippen LogP contribution is -2.20. The zero-order valence-electron chi connectivity index (χ0n) is 14.3. The van der Waals surface area contributed by atoms with Gasteiger partial charge in [0, 0.05) is 5.56 Å². The van der Waals surface area contributed by atoms with Crippen molar-refractivity contribution in [3.63, 3.8) is 0 Å². The Bertz CT molecular complexity index is 1130. The largest absolute Gasteiger partial charge is 0.481 e. The molecule has 1 N–H and O–H groups in total. The first-order chi connectivity index (χ1) is 12.5. The Morgan fingerprint density at radius 3 is 2.64 bits per heavy atom. The summed E-state index contributed by atoms with van der Waals surface area (Å²) in [5.74, 6) is -2.18. The smallest absolute Gasteiger partial charge is 0.304 e. The molecule has 0 saturated carbocycles. The van der Waals surface area contributed by atoms with Crippen LogP contribution >= 0.6 is 0 Å². The van der Waals surface area contributed by atoms with E-state index in [1.54, 1.807) is 24.3 Å². The van der Waals surface area contributed by atoms with Crippen LogP contribution in [0.5, 0.6) is 0 Å². The average Bonchev–Trinajstić information content (AvgIpc) is 2.62. The summed E-state index contributed by atoms with van der Waals surface area (Å²) >= 11 is 0. The van der Waals surface area contributed by atoms with E-state index in [0.29, 0.717) is 11.8 Å². The Hall–Kier alpha value is -3.27. The van der Waals surface area contributed by atoms with Crippen LogP contribution in [0.2, 0.25) is 0 Å². The summed E-state index contributed by atoms with van der Waals surface area (Å²) in [6.07, 6.45) is 3.07. The first kappa shape index (κ1) is 14.1. The van der Waals surface area contributed by atoms with Gasteiger partial charge in [0.2, 0.25) is 0 Å². The number of carboxylic acids is 1. The molecule has 4 heteroatoms. The lowest BCUT2D eigenvalue weighted by Gasteiger charge is -2.15. The Kier molecular flexibility index (Phi) is 3.37. The molecule has 0 aromatic heterocycles. The Morgan fingerprint density at radius 1 is 1.12 bits per heavy atom. The molecular formula is C21H15NO3. The van der Waals surface area contributed by atoms with Crippen LogP contribution in [0.25, 0.3) is 21.5 Å². The first-order valence-electron chi connectivity index (χ1n) is 8.48. The Morgan fingerprint density at radius 2 is 1.88 bits per heavy atom. The number of amides is 1. The van der Waals surface area contributed by atoms with Crippen LogP contribution in [0, 0.1) is 5.92 Å². The topological polar surface area (TPSA) is 66.7 Å². The van der Waals surface area contributed by atoms with Gasteiger partial charge in [-0.2, -0.15) is 0 Å². The fourth-order valence-corrected chi connectivity index (χ4v) is 3.23. The minimum absolute atomic E-state index is 0.257. The number of carbonyl (C=O) groups is 2. The summed E-state index contributed by atoms with van der Waals surface area (Å²) in [6.45, 7) is 0. The minimum Gasteiger partial charge on any atom is -0.481 e. The van der Waals surface area contributed by atoms with Gasteiger partial charge in [-0.3, -0.25) is 9.59 Å². The van der Waals surface area contributed by atoms with E-state index in [-0.39, 0.29) is 6.42 Å². The van der Waals surface area contributed by atoms with Gasteiger partial charge in [0.25, 0.3) is 5.91 Å². The number of allylic oxidation sites excluding steroid dienone is 1. The quantitative estimate of drug-likeness (QED) is 0.739. The van der Waals surface area contributed by atoms with Crippen LogP contribution in [0.15, 0.2) is 71.7 Å². The number of aliphatic carboxylic acids is 1.